The van der Waals surface area contributed by atoms with E-state index in [-0.39, 0.29) is 6.04 Å². The Morgan fingerprint density at radius 2 is 2.21 bits per heavy atom. The van der Waals surface area contributed by atoms with Crippen LogP contribution in [-0.2, 0) is 6.54 Å². The van der Waals surface area contributed by atoms with E-state index in [4.69, 9.17) is 4.74 Å². The predicted octanol–water partition coefficient (Wildman–Crippen LogP) is 2.61. The lowest BCUT2D eigenvalue weighted by molar-refractivity contribution is 0.413. The fourth-order valence-corrected chi connectivity index (χ4v) is 2.29. The molecule has 4 nitrogen and oxygen atoms in total. The summed E-state index contributed by atoms with van der Waals surface area (Å²) in [6, 6.07) is 10.3. The minimum atomic E-state index is 0.129. The highest BCUT2D eigenvalue weighted by atomic mass is 16.5. The van der Waals surface area contributed by atoms with Crippen molar-refractivity contribution in [2.24, 2.45) is 0 Å². The number of ether oxygens (including phenoxy) is 1. The van der Waals surface area contributed by atoms with Gasteiger partial charge in [0.1, 0.15) is 5.75 Å². The molecule has 0 spiro atoms. The standard InChI is InChI=1S/C15H21N3O/c1-4-10-18-14(8-9-17-18)15(16-2)12-6-5-7-13(11-12)19-3/h5-9,11,15-16H,4,10H2,1-3H3. The van der Waals surface area contributed by atoms with Crippen molar-refractivity contribution in [3.63, 3.8) is 0 Å². The number of hydrogen-bond donors (Lipinski definition) is 1. The number of aryl methyl sites for hydroxylation is 1. The lowest BCUT2D eigenvalue weighted by Crippen LogP contribution is -2.21. The molecule has 2 aromatic rings. The van der Waals surface area contributed by atoms with Crippen LogP contribution in [0.4, 0.5) is 0 Å². The molecule has 19 heavy (non-hydrogen) atoms. The summed E-state index contributed by atoms with van der Waals surface area (Å²) >= 11 is 0. The third-order valence-corrected chi connectivity index (χ3v) is 3.20. The molecule has 1 atom stereocenters. The van der Waals surface area contributed by atoms with Crippen molar-refractivity contribution in [2.45, 2.75) is 25.9 Å². The normalized spacial score (nSPS) is 12.4. The quantitative estimate of drug-likeness (QED) is 0.866. The molecule has 102 valence electrons. The van der Waals surface area contributed by atoms with Gasteiger partial charge in [-0.25, -0.2) is 0 Å². The number of rotatable bonds is 6. The van der Waals surface area contributed by atoms with Crippen LogP contribution in [0.3, 0.4) is 0 Å². The molecule has 4 heteroatoms. The van der Waals surface area contributed by atoms with E-state index in [0.717, 1.165) is 18.7 Å². The van der Waals surface area contributed by atoms with Crippen molar-refractivity contribution in [1.29, 1.82) is 0 Å². The van der Waals surface area contributed by atoms with Gasteiger partial charge in [0.15, 0.2) is 0 Å². The molecule has 0 aliphatic rings. The number of hydrogen-bond acceptors (Lipinski definition) is 3. The van der Waals surface area contributed by atoms with Gasteiger partial charge < -0.3 is 10.1 Å². The molecule has 0 amide bonds. The summed E-state index contributed by atoms with van der Waals surface area (Å²) < 4.78 is 7.35. The Hall–Kier alpha value is -1.81. The zero-order valence-electron chi connectivity index (χ0n) is 11.8. The summed E-state index contributed by atoms with van der Waals surface area (Å²) in [6.07, 6.45) is 2.93. The van der Waals surface area contributed by atoms with Crippen LogP contribution in [0.15, 0.2) is 36.5 Å². The van der Waals surface area contributed by atoms with Crippen molar-refractivity contribution >= 4 is 0 Å². The van der Waals surface area contributed by atoms with Crippen molar-refractivity contribution in [3.05, 3.63) is 47.8 Å². The van der Waals surface area contributed by atoms with Crippen molar-refractivity contribution in [3.8, 4) is 5.75 Å². The van der Waals surface area contributed by atoms with Crippen LogP contribution in [-0.4, -0.2) is 23.9 Å². The van der Waals surface area contributed by atoms with Crippen molar-refractivity contribution in [1.82, 2.24) is 15.1 Å². The van der Waals surface area contributed by atoms with Crippen LogP contribution in [0.1, 0.15) is 30.6 Å². The first kappa shape index (κ1) is 13.6. The van der Waals surface area contributed by atoms with Gasteiger partial charge in [-0.3, -0.25) is 4.68 Å². The summed E-state index contributed by atoms with van der Waals surface area (Å²) in [7, 11) is 3.66. The largest absolute Gasteiger partial charge is 0.497 e. The average molecular weight is 259 g/mol. The van der Waals surface area contributed by atoms with Gasteiger partial charge in [0.2, 0.25) is 0 Å². The van der Waals surface area contributed by atoms with Crippen LogP contribution in [0, 0.1) is 0 Å². The topological polar surface area (TPSA) is 39.1 Å². The second-order valence-corrected chi connectivity index (χ2v) is 4.48. The van der Waals surface area contributed by atoms with Gasteiger partial charge in [-0.1, -0.05) is 19.1 Å². The Kier molecular flexibility index (Phi) is 4.58. The average Bonchev–Trinajstić information content (AvgIpc) is 2.89. The minimum absolute atomic E-state index is 0.129. The number of nitrogens with one attached hydrogen (secondary N) is 1. The van der Waals surface area contributed by atoms with Gasteiger partial charge in [0, 0.05) is 12.7 Å². The molecule has 2 rings (SSSR count). The smallest absolute Gasteiger partial charge is 0.119 e. The fraction of sp³-hybridized carbons (Fsp3) is 0.400. The lowest BCUT2D eigenvalue weighted by atomic mass is 10.0. The Labute approximate surface area is 114 Å². The van der Waals surface area contributed by atoms with Gasteiger partial charge in [0.05, 0.1) is 18.8 Å². The molecular weight excluding hydrogens is 238 g/mol. The second kappa shape index (κ2) is 6.38. The molecule has 1 aromatic carbocycles. The van der Waals surface area contributed by atoms with E-state index in [2.05, 4.69) is 40.2 Å². The molecule has 1 unspecified atom stereocenters. The number of methoxy groups -OCH3 is 1. The third kappa shape index (κ3) is 2.96. The Morgan fingerprint density at radius 3 is 2.89 bits per heavy atom. The first-order valence-electron chi connectivity index (χ1n) is 6.63. The number of nitrogens with zero attached hydrogens (tertiary/aromatic N) is 2. The molecule has 0 bridgehead atoms. The van der Waals surface area contributed by atoms with E-state index < -0.39 is 0 Å². The van der Waals surface area contributed by atoms with Gasteiger partial charge >= 0.3 is 0 Å². The van der Waals surface area contributed by atoms with E-state index in [1.807, 2.05) is 25.4 Å². The molecule has 0 fully saturated rings. The Morgan fingerprint density at radius 1 is 1.37 bits per heavy atom. The zero-order valence-corrected chi connectivity index (χ0v) is 11.8. The highest BCUT2D eigenvalue weighted by molar-refractivity contribution is 5.34. The van der Waals surface area contributed by atoms with E-state index in [0.29, 0.717) is 0 Å². The highest BCUT2D eigenvalue weighted by Gasteiger charge is 2.16. The van der Waals surface area contributed by atoms with Gasteiger partial charge in [-0.05, 0) is 37.2 Å². The van der Waals surface area contributed by atoms with Crippen LogP contribution >= 0.6 is 0 Å². The lowest BCUT2D eigenvalue weighted by Gasteiger charge is -2.19. The van der Waals surface area contributed by atoms with Crippen LogP contribution in [0.5, 0.6) is 5.75 Å². The zero-order chi connectivity index (χ0) is 13.7. The van der Waals surface area contributed by atoms with Crippen LogP contribution in [0.25, 0.3) is 0 Å². The Bertz CT molecular complexity index is 522. The maximum Gasteiger partial charge on any atom is 0.119 e. The molecule has 0 saturated heterocycles. The highest BCUT2D eigenvalue weighted by Crippen LogP contribution is 2.24. The first-order chi connectivity index (χ1) is 9.30. The van der Waals surface area contributed by atoms with Gasteiger partial charge in [-0.15, -0.1) is 0 Å². The second-order valence-electron chi connectivity index (χ2n) is 4.48. The minimum Gasteiger partial charge on any atom is -0.497 e. The predicted molar refractivity (Wildman–Crippen MR) is 76.4 cm³/mol. The summed E-state index contributed by atoms with van der Waals surface area (Å²) in [5.41, 5.74) is 2.36. The summed E-state index contributed by atoms with van der Waals surface area (Å²) in [6.45, 7) is 3.09. The maximum absolute atomic E-state index is 5.29. The van der Waals surface area contributed by atoms with Gasteiger partial charge in [-0.2, -0.15) is 5.10 Å². The summed E-state index contributed by atoms with van der Waals surface area (Å²) in [5.74, 6) is 0.874. The molecule has 0 saturated carbocycles. The molecule has 0 radical (unpaired) electrons. The molecule has 0 aliphatic heterocycles. The van der Waals surface area contributed by atoms with E-state index in [1.54, 1.807) is 7.11 Å². The molecule has 0 aliphatic carbocycles. The van der Waals surface area contributed by atoms with Crippen LogP contribution in [0.2, 0.25) is 0 Å². The summed E-state index contributed by atoms with van der Waals surface area (Å²) in [4.78, 5) is 0. The molecule has 1 N–H and O–H groups in total. The van der Waals surface area contributed by atoms with E-state index in [1.165, 1.54) is 11.3 Å². The van der Waals surface area contributed by atoms with Crippen molar-refractivity contribution in [2.75, 3.05) is 14.2 Å². The van der Waals surface area contributed by atoms with Gasteiger partial charge in [0.25, 0.3) is 0 Å². The van der Waals surface area contributed by atoms with Crippen molar-refractivity contribution < 1.29 is 4.74 Å². The van der Waals surface area contributed by atoms with E-state index in [9.17, 15) is 0 Å². The molecule has 1 heterocycles. The summed E-state index contributed by atoms with van der Waals surface area (Å²) in [5, 5.41) is 7.74. The van der Waals surface area contributed by atoms with Crippen LogP contribution < -0.4 is 10.1 Å². The third-order valence-electron chi connectivity index (χ3n) is 3.20. The maximum atomic E-state index is 5.29. The number of benzene rings is 1. The number of aromatic nitrogens is 2. The fourth-order valence-electron chi connectivity index (χ4n) is 2.29. The van der Waals surface area contributed by atoms with E-state index >= 15 is 0 Å². The monoisotopic (exact) mass is 259 g/mol. The first-order valence-corrected chi connectivity index (χ1v) is 6.63. The molecule has 1 aromatic heterocycles. The molecular formula is C15H21N3O. The Balaban J connectivity index is 2.35. The SMILES string of the molecule is CCCn1nccc1C(NC)c1cccc(OC)c1.